The number of halogens is 2. The highest BCUT2D eigenvalue weighted by Gasteiger charge is 2.20. The zero-order valence-corrected chi connectivity index (χ0v) is 15.9. The van der Waals surface area contributed by atoms with Gasteiger partial charge in [-0.2, -0.15) is 0 Å². The summed E-state index contributed by atoms with van der Waals surface area (Å²) in [5, 5.41) is 0. The molecular weight excluding hydrogens is 352 g/mol. The van der Waals surface area contributed by atoms with Crippen LogP contribution >= 0.6 is 0 Å². The molecule has 3 heteroatoms. The summed E-state index contributed by atoms with van der Waals surface area (Å²) in [7, 11) is 0. The van der Waals surface area contributed by atoms with Crippen molar-refractivity contribution in [2.24, 2.45) is 0 Å². The molecule has 2 N–H and O–H groups in total. The van der Waals surface area contributed by atoms with Gasteiger partial charge >= 0.3 is 0 Å². The van der Waals surface area contributed by atoms with Crippen molar-refractivity contribution in [2.75, 3.05) is 5.73 Å². The van der Waals surface area contributed by atoms with Crippen LogP contribution in [0.2, 0.25) is 0 Å². The van der Waals surface area contributed by atoms with Crippen molar-refractivity contribution in [3.63, 3.8) is 0 Å². The predicted molar refractivity (Wildman–Crippen MR) is 112 cm³/mol. The van der Waals surface area contributed by atoms with Crippen LogP contribution in [0.15, 0.2) is 66.7 Å². The molecule has 1 aliphatic rings. The minimum absolute atomic E-state index is 0.0584. The number of nitrogens with two attached hydrogens (primary N) is 1. The molecule has 1 nitrogen and oxygen atoms in total. The number of aryl methyl sites for hydroxylation is 2. The van der Waals surface area contributed by atoms with Crippen LogP contribution in [0.4, 0.5) is 14.5 Å². The first-order chi connectivity index (χ1) is 13.5. The summed E-state index contributed by atoms with van der Waals surface area (Å²) in [5.74, 6) is 0. The van der Waals surface area contributed by atoms with Crippen LogP contribution in [-0.2, 0) is 6.42 Å². The Morgan fingerprint density at radius 3 is 2.18 bits per heavy atom. The maximum absolute atomic E-state index is 13.0. The first-order valence-corrected chi connectivity index (χ1v) is 9.60. The van der Waals surface area contributed by atoms with E-state index < -0.39 is 6.43 Å². The van der Waals surface area contributed by atoms with E-state index >= 15 is 0 Å². The Labute approximate surface area is 164 Å². The van der Waals surface area contributed by atoms with Gasteiger partial charge in [0.25, 0.3) is 6.43 Å². The molecule has 3 aromatic carbocycles. The zero-order chi connectivity index (χ0) is 19.7. The Morgan fingerprint density at radius 2 is 1.50 bits per heavy atom. The van der Waals surface area contributed by atoms with E-state index in [0.29, 0.717) is 0 Å². The van der Waals surface area contributed by atoms with Crippen molar-refractivity contribution in [1.82, 2.24) is 0 Å². The van der Waals surface area contributed by atoms with E-state index in [1.807, 2.05) is 18.2 Å². The number of hydrogen-bond donors (Lipinski definition) is 1. The number of anilines is 1. The minimum Gasteiger partial charge on any atom is -0.399 e. The quantitative estimate of drug-likeness (QED) is 0.500. The highest BCUT2D eigenvalue weighted by atomic mass is 19.3. The van der Waals surface area contributed by atoms with Crippen molar-refractivity contribution in [3.8, 4) is 0 Å². The second-order valence-electron chi connectivity index (χ2n) is 7.41. The smallest absolute Gasteiger partial charge is 0.263 e. The Bertz CT molecular complexity index is 1020. The molecule has 1 aliphatic carbocycles. The predicted octanol–water partition coefficient (Wildman–Crippen LogP) is 6.81. The number of hydrogen-bond acceptors (Lipinski definition) is 1. The molecule has 142 valence electrons. The van der Waals surface area contributed by atoms with Crippen LogP contribution in [0.25, 0.3) is 11.1 Å². The van der Waals surface area contributed by atoms with Crippen LogP contribution in [-0.4, -0.2) is 0 Å². The Hall–Kier alpha value is -2.94. The lowest BCUT2D eigenvalue weighted by molar-refractivity contribution is 0.151. The van der Waals surface area contributed by atoms with E-state index in [-0.39, 0.29) is 5.56 Å². The molecule has 0 fully saturated rings. The van der Waals surface area contributed by atoms with Gasteiger partial charge in [0.1, 0.15) is 0 Å². The topological polar surface area (TPSA) is 26.0 Å². The lowest BCUT2D eigenvalue weighted by atomic mass is 9.87. The fourth-order valence-electron chi connectivity index (χ4n) is 3.98. The first-order valence-electron chi connectivity index (χ1n) is 9.60. The molecule has 0 saturated heterocycles. The Kier molecular flexibility index (Phi) is 4.99. The van der Waals surface area contributed by atoms with Gasteiger partial charge in [-0.3, -0.25) is 0 Å². The van der Waals surface area contributed by atoms with Crippen molar-refractivity contribution < 1.29 is 8.78 Å². The van der Waals surface area contributed by atoms with E-state index in [9.17, 15) is 8.78 Å². The summed E-state index contributed by atoms with van der Waals surface area (Å²) in [6.45, 7) is 2.07. The molecule has 3 aromatic rings. The molecule has 0 aromatic heterocycles. The van der Waals surface area contributed by atoms with Crippen molar-refractivity contribution in [3.05, 3.63) is 100 Å². The molecule has 0 radical (unpaired) electrons. The molecule has 0 amide bonds. The van der Waals surface area contributed by atoms with Gasteiger partial charge in [-0.15, -0.1) is 0 Å². The third-order valence-corrected chi connectivity index (χ3v) is 5.42. The van der Waals surface area contributed by atoms with Crippen molar-refractivity contribution in [1.29, 1.82) is 0 Å². The van der Waals surface area contributed by atoms with Crippen LogP contribution in [0.1, 0.15) is 52.6 Å². The molecule has 0 spiro atoms. The van der Waals surface area contributed by atoms with E-state index in [1.165, 1.54) is 40.0 Å². The van der Waals surface area contributed by atoms with Crippen LogP contribution < -0.4 is 5.73 Å². The number of alkyl halides is 2. The van der Waals surface area contributed by atoms with E-state index in [0.717, 1.165) is 36.1 Å². The lowest BCUT2D eigenvalue weighted by Crippen LogP contribution is -1.98. The monoisotopic (exact) mass is 375 g/mol. The van der Waals surface area contributed by atoms with Gasteiger partial charge in [-0.25, -0.2) is 8.78 Å². The van der Waals surface area contributed by atoms with Gasteiger partial charge in [0.2, 0.25) is 0 Å². The molecule has 0 aliphatic heterocycles. The van der Waals surface area contributed by atoms with Gasteiger partial charge in [-0.1, -0.05) is 60.2 Å². The number of benzene rings is 3. The fraction of sp³-hybridized carbons (Fsp3) is 0.200. The largest absolute Gasteiger partial charge is 0.399 e. The van der Waals surface area contributed by atoms with Gasteiger partial charge in [0, 0.05) is 11.3 Å². The molecule has 0 atom stereocenters. The second-order valence-corrected chi connectivity index (χ2v) is 7.41. The van der Waals surface area contributed by atoms with Crippen LogP contribution in [0.3, 0.4) is 0 Å². The minimum atomic E-state index is -2.45. The Morgan fingerprint density at radius 1 is 0.821 bits per heavy atom. The maximum atomic E-state index is 13.0. The van der Waals surface area contributed by atoms with Gasteiger partial charge < -0.3 is 5.73 Å². The summed E-state index contributed by atoms with van der Waals surface area (Å²) in [5.41, 5.74) is 15.0. The zero-order valence-electron chi connectivity index (χ0n) is 15.9. The van der Waals surface area contributed by atoms with Gasteiger partial charge in [0.15, 0.2) is 0 Å². The summed E-state index contributed by atoms with van der Waals surface area (Å²) >= 11 is 0. The summed E-state index contributed by atoms with van der Waals surface area (Å²) < 4.78 is 26.0. The van der Waals surface area contributed by atoms with E-state index in [1.54, 1.807) is 0 Å². The van der Waals surface area contributed by atoms with Crippen LogP contribution in [0.5, 0.6) is 0 Å². The normalized spacial score (nSPS) is 14.1. The van der Waals surface area contributed by atoms with Crippen LogP contribution in [0, 0.1) is 6.92 Å². The second kappa shape index (κ2) is 7.59. The average Bonchev–Trinajstić information content (AvgIpc) is 2.88. The van der Waals surface area contributed by atoms with E-state index in [2.05, 4.69) is 43.3 Å². The number of rotatable bonds is 3. The number of allylic oxidation sites excluding steroid dienone is 1. The third-order valence-electron chi connectivity index (χ3n) is 5.42. The standard InChI is InChI=1S/C25H23F2N/c1-16-5-7-18(8-6-16)24-22(17-9-11-19(12-10-17)25(26)27)4-2-3-20-15-21(28)13-14-23(20)24/h5-15,25H,2-4,28H2,1H3. The van der Waals surface area contributed by atoms with E-state index in [4.69, 9.17) is 5.73 Å². The first kappa shape index (κ1) is 18.4. The third kappa shape index (κ3) is 3.57. The average molecular weight is 375 g/mol. The fourth-order valence-corrected chi connectivity index (χ4v) is 3.98. The van der Waals surface area contributed by atoms with Gasteiger partial charge in [-0.05, 0) is 71.7 Å². The maximum Gasteiger partial charge on any atom is 0.263 e. The number of fused-ring (bicyclic) bond motifs is 1. The SMILES string of the molecule is Cc1ccc(C2=C(c3ccc(C(F)F)cc3)CCCc3cc(N)ccc32)cc1. The molecule has 0 unspecified atom stereocenters. The summed E-state index contributed by atoms with van der Waals surface area (Å²) in [6, 6.07) is 21.3. The Balaban J connectivity index is 1.94. The van der Waals surface area contributed by atoms with Gasteiger partial charge in [0.05, 0.1) is 0 Å². The molecule has 0 saturated carbocycles. The molecule has 0 bridgehead atoms. The van der Waals surface area contributed by atoms with Crippen molar-refractivity contribution >= 4 is 16.8 Å². The molecule has 0 heterocycles. The van der Waals surface area contributed by atoms with Crippen molar-refractivity contribution in [2.45, 2.75) is 32.6 Å². The molecule has 4 rings (SSSR count). The highest BCUT2D eigenvalue weighted by Crippen LogP contribution is 2.40. The lowest BCUT2D eigenvalue weighted by Gasteiger charge is -2.17. The summed E-state index contributed by atoms with van der Waals surface area (Å²) in [4.78, 5) is 0. The molecule has 28 heavy (non-hydrogen) atoms. The number of nitrogen functional groups attached to an aromatic ring is 1. The summed E-state index contributed by atoms with van der Waals surface area (Å²) in [6.07, 6.45) is 0.398. The highest BCUT2D eigenvalue weighted by molar-refractivity contribution is 6.00. The molecular formula is C25H23F2N.